The highest BCUT2D eigenvalue weighted by atomic mass is 15.1. The van der Waals surface area contributed by atoms with Gasteiger partial charge in [-0.3, -0.25) is 4.57 Å². The number of para-hydroxylation sites is 1. The first-order chi connectivity index (χ1) is 22.9. The Kier molecular flexibility index (Phi) is 5.13. The van der Waals surface area contributed by atoms with E-state index < -0.39 is 0 Å². The van der Waals surface area contributed by atoms with Gasteiger partial charge < -0.3 is 0 Å². The zero-order valence-corrected chi connectivity index (χ0v) is 27.0. The van der Waals surface area contributed by atoms with E-state index in [0.29, 0.717) is 0 Å². The summed E-state index contributed by atoms with van der Waals surface area (Å²) in [5.74, 6) is 1.66. The van der Waals surface area contributed by atoms with Crippen molar-refractivity contribution in [1.29, 1.82) is 0 Å². The zero-order valence-electron chi connectivity index (χ0n) is 27.0. The summed E-state index contributed by atoms with van der Waals surface area (Å²) in [6.07, 6.45) is 0. The normalized spacial score (nSPS) is 15.1. The molecule has 0 unspecified atom stereocenters. The quantitative estimate of drug-likeness (QED) is 0.197. The number of nitrogens with zero attached hydrogens (tertiary/aromatic N) is 3. The summed E-state index contributed by atoms with van der Waals surface area (Å²) in [5, 5.41) is 3.55. The molecule has 0 N–H and O–H groups in total. The number of benzene rings is 6. The van der Waals surface area contributed by atoms with Crippen LogP contribution in [-0.2, 0) is 10.8 Å². The average Bonchev–Trinajstić information content (AvgIpc) is 3.65. The highest BCUT2D eigenvalue weighted by molar-refractivity contribution is 6.18. The van der Waals surface area contributed by atoms with Gasteiger partial charge in [0.2, 0.25) is 0 Å². The third-order valence-electron chi connectivity index (χ3n) is 11.0. The lowest BCUT2D eigenvalue weighted by atomic mass is 9.81. The van der Waals surface area contributed by atoms with Crippen molar-refractivity contribution in [3.63, 3.8) is 0 Å². The number of aromatic nitrogens is 3. The molecule has 47 heavy (non-hydrogen) atoms. The Bertz CT molecular complexity index is 2620. The minimum atomic E-state index is -0.205. The molecule has 0 bridgehead atoms. The van der Waals surface area contributed by atoms with Gasteiger partial charge in [-0.05, 0) is 51.1 Å². The van der Waals surface area contributed by atoms with Crippen molar-refractivity contribution in [3.8, 4) is 39.5 Å². The molecule has 10 rings (SSSR count). The summed E-state index contributed by atoms with van der Waals surface area (Å²) in [6, 6.07) is 46.2. The van der Waals surface area contributed by atoms with E-state index in [1.807, 2.05) is 6.07 Å². The van der Waals surface area contributed by atoms with E-state index in [4.69, 9.17) is 9.97 Å². The van der Waals surface area contributed by atoms with Crippen LogP contribution in [-0.4, -0.2) is 14.5 Å². The molecule has 2 aliphatic carbocycles. The van der Waals surface area contributed by atoms with Crippen LogP contribution >= 0.6 is 0 Å². The molecule has 0 radical (unpaired) electrons. The van der Waals surface area contributed by atoms with Crippen LogP contribution in [0.5, 0.6) is 0 Å². The Morgan fingerprint density at radius 1 is 0.468 bits per heavy atom. The topological polar surface area (TPSA) is 30.7 Å². The van der Waals surface area contributed by atoms with Crippen LogP contribution in [0.4, 0.5) is 0 Å². The second-order valence-corrected chi connectivity index (χ2v) is 14.2. The van der Waals surface area contributed by atoms with E-state index in [2.05, 4.69) is 154 Å². The third kappa shape index (κ3) is 3.36. The van der Waals surface area contributed by atoms with Gasteiger partial charge in [0.15, 0.2) is 5.82 Å². The fraction of sp³-hybridized carbons (Fsp3) is 0.136. The second kappa shape index (κ2) is 9.04. The summed E-state index contributed by atoms with van der Waals surface area (Å²) < 4.78 is 2.52. The molecule has 0 amide bonds. The summed E-state index contributed by atoms with van der Waals surface area (Å²) in [6.45, 7) is 9.49. The maximum atomic E-state index is 5.51. The first-order valence-corrected chi connectivity index (χ1v) is 16.5. The fourth-order valence-corrected chi connectivity index (χ4v) is 8.79. The van der Waals surface area contributed by atoms with Crippen molar-refractivity contribution in [2.75, 3.05) is 0 Å². The predicted molar refractivity (Wildman–Crippen MR) is 194 cm³/mol. The first kappa shape index (κ1) is 26.7. The van der Waals surface area contributed by atoms with Crippen LogP contribution in [0.2, 0.25) is 0 Å². The van der Waals surface area contributed by atoms with Gasteiger partial charge in [0.1, 0.15) is 5.82 Å². The van der Waals surface area contributed by atoms with E-state index in [1.54, 1.807) is 0 Å². The summed E-state index contributed by atoms with van der Waals surface area (Å²) in [7, 11) is 0. The molecule has 224 valence electrons. The second-order valence-electron chi connectivity index (χ2n) is 14.2. The van der Waals surface area contributed by atoms with Crippen molar-refractivity contribution in [1.82, 2.24) is 14.5 Å². The van der Waals surface area contributed by atoms with Gasteiger partial charge in [0.05, 0.1) is 16.6 Å². The average molecular weight is 604 g/mol. The molecule has 0 saturated heterocycles. The standard InChI is InChI=1S/C44H33N3/c1-43(2)34-20-12-9-17-31(34)37-35(43)25-24-29-30-23-22-28-27-16-8-11-19-33(27)44(3,4)38(28)40(30)47(39(29)37)42-32-18-10-13-21-36(32)45-41(46-42)26-14-6-5-7-15-26/h5-25H,1-4H3. The smallest absolute Gasteiger partial charge is 0.162 e. The van der Waals surface area contributed by atoms with E-state index in [9.17, 15) is 0 Å². The molecular formula is C44H33N3. The molecule has 6 aromatic carbocycles. The van der Waals surface area contributed by atoms with Crippen molar-refractivity contribution >= 4 is 32.7 Å². The van der Waals surface area contributed by atoms with Crippen LogP contribution in [0.3, 0.4) is 0 Å². The number of hydrogen-bond acceptors (Lipinski definition) is 2. The Labute approximate surface area is 274 Å². The van der Waals surface area contributed by atoms with Crippen molar-refractivity contribution in [3.05, 3.63) is 150 Å². The minimum Gasteiger partial charge on any atom is -0.292 e. The third-order valence-corrected chi connectivity index (χ3v) is 11.0. The van der Waals surface area contributed by atoms with Gasteiger partial charge in [0.25, 0.3) is 0 Å². The molecule has 3 heteroatoms. The summed E-state index contributed by atoms with van der Waals surface area (Å²) in [4.78, 5) is 10.6. The Balaban J connectivity index is 1.46. The highest BCUT2D eigenvalue weighted by Crippen LogP contribution is 2.56. The fourth-order valence-electron chi connectivity index (χ4n) is 8.79. The number of fused-ring (bicyclic) bond motifs is 12. The Hall–Kier alpha value is -5.54. The van der Waals surface area contributed by atoms with E-state index in [-0.39, 0.29) is 10.8 Å². The van der Waals surface area contributed by atoms with Crippen LogP contribution in [0, 0.1) is 0 Å². The SMILES string of the molecule is CC1(C)c2ccccc2-c2c1ccc1c3ccc4c(c3n(-c3nc(-c5ccccc5)nc5ccccc35)c21)C(C)(C)c1ccccc1-4. The summed E-state index contributed by atoms with van der Waals surface area (Å²) in [5.41, 5.74) is 14.8. The molecule has 0 fully saturated rings. The minimum absolute atomic E-state index is 0.123. The number of rotatable bonds is 2. The van der Waals surface area contributed by atoms with E-state index in [1.165, 1.54) is 66.3 Å². The Morgan fingerprint density at radius 3 is 1.91 bits per heavy atom. The molecule has 0 atom stereocenters. The largest absolute Gasteiger partial charge is 0.292 e. The van der Waals surface area contributed by atoms with Gasteiger partial charge in [-0.15, -0.1) is 0 Å². The van der Waals surface area contributed by atoms with Gasteiger partial charge in [-0.1, -0.05) is 143 Å². The van der Waals surface area contributed by atoms with Crippen molar-refractivity contribution in [2.24, 2.45) is 0 Å². The van der Waals surface area contributed by atoms with Crippen LogP contribution in [0.15, 0.2) is 127 Å². The molecule has 0 aliphatic heterocycles. The van der Waals surface area contributed by atoms with Gasteiger partial charge >= 0.3 is 0 Å². The van der Waals surface area contributed by atoms with Gasteiger partial charge in [0, 0.05) is 38.1 Å². The predicted octanol–water partition coefficient (Wildman–Crippen LogP) is 11.0. The van der Waals surface area contributed by atoms with E-state index >= 15 is 0 Å². The molecule has 2 aliphatic rings. The molecule has 0 saturated carbocycles. The molecule has 8 aromatic rings. The maximum absolute atomic E-state index is 5.51. The van der Waals surface area contributed by atoms with Crippen molar-refractivity contribution in [2.45, 2.75) is 38.5 Å². The first-order valence-electron chi connectivity index (χ1n) is 16.5. The maximum Gasteiger partial charge on any atom is 0.162 e. The zero-order chi connectivity index (χ0) is 31.7. The van der Waals surface area contributed by atoms with Gasteiger partial charge in [-0.2, -0.15) is 0 Å². The summed E-state index contributed by atoms with van der Waals surface area (Å²) >= 11 is 0. The van der Waals surface area contributed by atoms with Gasteiger partial charge in [-0.25, -0.2) is 9.97 Å². The molecular weight excluding hydrogens is 571 g/mol. The van der Waals surface area contributed by atoms with Crippen LogP contribution < -0.4 is 0 Å². The number of hydrogen-bond donors (Lipinski definition) is 0. The van der Waals surface area contributed by atoms with Crippen LogP contribution in [0.25, 0.3) is 72.2 Å². The lowest BCUT2D eigenvalue weighted by molar-refractivity contribution is 0.660. The van der Waals surface area contributed by atoms with Crippen molar-refractivity contribution < 1.29 is 0 Å². The Morgan fingerprint density at radius 2 is 1.11 bits per heavy atom. The lowest BCUT2D eigenvalue weighted by Crippen LogP contribution is -2.17. The monoisotopic (exact) mass is 603 g/mol. The molecule has 2 aromatic heterocycles. The molecule has 3 nitrogen and oxygen atoms in total. The van der Waals surface area contributed by atoms with Crippen LogP contribution in [0.1, 0.15) is 49.9 Å². The lowest BCUT2D eigenvalue weighted by Gasteiger charge is -2.24. The molecule has 2 heterocycles. The van der Waals surface area contributed by atoms with E-state index in [0.717, 1.165) is 28.1 Å². The molecule has 0 spiro atoms. The highest BCUT2D eigenvalue weighted by Gasteiger charge is 2.41.